The summed E-state index contributed by atoms with van der Waals surface area (Å²) in [5, 5.41) is 12.6. The molecule has 1 saturated heterocycles. The first-order chi connectivity index (χ1) is 10.8. The average molecular weight is 334 g/mol. The van der Waals surface area contributed by atoms with Crippen LogP contribution in [-0.4, -0.2) is 45.7 Å². The van der Waals surface area contributed by atoms with Gasteiger partial charge in [0, 0.05) is 25.3 Å². The largest absolute Gasteiger partial charge is 0.324 e. The highest BCUT2D eigenvalue weighted by Gasteiger charge is 2.17. The van der Waals surface area contributed by atoms with E-state index in [4.69, 9.17) is 0 Å². The number of thioether (sulfide) groups is 1. The second-order valence-corrected chi connectivity index (χ2v) is 7.33. The van der Waals surface area contributed by atoms with Gasteiger partial charge in [0.15, 0.2) is 0 Å². The van der Waals surface area contributed by atoms with Crippen LogP contribution in [0.4, 0.5) is 9.93 Å². The van der Waals surface area contributed by atoms with Crippen molar-refractivity contribution in [3.05, 3.63) is 40.9 Å². The molecule has 7 heteroatoms. The van der Waals surface area contributed by atoms with Crippen LogP contribution in [0.1, 0.15) is 17.0 Å². The monoisotopic (exact) mass is 334 g/mol. The smallest absolute Gasteiger partial charge is 0.323 e. The van der Waals surface area contributed by atoms with Crippen molar-refractivity contribution in [3.63, 3.8) is 0 Å². The molecule has 2 aromatic rings. The summed E-state index contributed by atoms with van der Waals surface area (Å²) < 4.78 is 0. The van der Waals surface area contributed by atoms with E-state index in [1.165, 1.54) is 16.9 Å². The first kappa shape index (κ1) is 15.3. The average Bonchev–Trinajstić information content (AvgIpc) is 2.80. The van der Waals surface area contributed by atoms with E-state index in [2.05, 4.69) is 27.6 Å². The van der Waals surface area contributed by atoms with Gasteiger partial charge in [0.2, 0.25) is 5.13 Å². The van der Waals surface area contributed by atoms with Crippen LogP contribution in [0.15, 0.2) is 30.3 Å². The van der Waals surface area contributed by atoms with E-state index in [1.807, 2.05) is 34.9 Å². The Kier molecular flexibility index (Phi) is 5.29. The van der Waals surface area contributed by atoms with Gasteiger partial charge < -0.3 is 4.90 Å². The molecule has 2 heterocycles. The molecule has 1 aromatic heterocycles. The van der Waals surface area contributed by atoms with E-state index in [1.54, 1.807) is 0 Å². The third-order valence-corrected chi connectivity index (χ3v) is 5.28. The van der Waals surface area contributed by atoms with Crippen LogP contribution in [0.2, 0.25) is 0 Å². The Morgan fingerprint density at radius 1 is 1.18 bits per heavy atom. The zero-order valence-electron chi connectivity index (χ0n) is 12.2. The molecule has 1 aliphatic rings. The van der Waals surface area contributed by atoms with Crippen LogP contribution in [0.25, 0.3) is 0 Å². The van der Waals surface area contributed by atoms with Gasteiger partial charge in [-0.3, -0.25) is 5.32 Å². The summed E-state index contributed by atoms with van der Waals surface area (Å²) in [4.78, 5) is 14.1. The number of urea groups is 1. The van der Waals surface area contributed by atoms with Crippen molar-refractivity contribution in [2.24, 2.45) is 0 Å². The molecule has 0 unspecified atom stereocenters. The van der Waals surface area contributed by atoms with Gasteiger partial charge in [0.25, 0.3) is 0 Å². The third kappa shape index (κ3) is 4.20. The molecule has 0 saturated carbocycles. The number of carbonyl (C=O) groups excluding carboxylic acids is 1. The molecule has 0 atom stereocenters. The van der Waals surface area contributed by atoms with E-state index in [-0.39, 0.29) is 6.03 Å². The van der Waals surface area contributed by atoms with E-state index >= 15 is 0 Å². The number of nitrogens with one attached hydrogen (secondary N) is 1. The number of benzene rings is 1. The van der Waals surface area contributed by atoms with Crippen LogP contribution >= 0.6 is 23.1 Å². The standard InChI is InChI=1S/C15H18N4OS2/c20-15(19-7-4-9-21-10-8-19)16-14-18-17-13(22-14)11-12-5-2-1-3-6-12/h1-3,5-6H,4,7-11H2,(H,16,18,20). The summed E-state index contributed by atoms with van der Waals surface area (Å²) in [6, 6.07) is 10.1. The minimum Gasteiger partial charge on any atom is -0.324 e. The number of hydrogen-bond acceptors (Lipinski definition) is 5. The molecule has 1 fully saturated rings. The molecule has 3 rings (SSSR count). The molecule has 2 amide bonds. The Balaban J connectivity index is 1.58. The maximum absolute atomic E-state index is 12.2. The second-order valence-electron chi connectivity index (χ2n) is 5.05. The van der Waals surface area contributed by atoms with Crippen molar-refractivity contribution >= 4 is 34.3 Å². The lowest BCUT2D eigenvalue weighted by Gasteiger charge is -2.19. The van der Waals surface area contributed by atoms with Crippen LogP contribution in [0.5, 0.6) is 0 Å². The first-order valence-electron chi connectivity index (χ1n) is 7.31. The highest BCUT2D eigenvalue weighted by molar-refractivity contribution is 7.99. The van der Waals surface area contributed by atoms with Crippen LogP contribution in [0, 0.1) is 0 Å². The van der Waals surface area contributed by atoms with E-state index < -0.39 is 0 Å². The summed E-state index contributed by atoms with van der Waals surface area (Å²) in [5.41, 5.74) is 1.20. The molecule has 116 valence electrons. The highest BCUT2D eigenvalue weighted by Crippen LogP contribution is 2.19. The van der Waals surface area contributed by atoms with Crippen LogP contribution in [-0.2, 0) is 6.42 Å². The quantitative estimate of drug-likeness (QED) is 0.937. The number of amides is 2. The number of hydrogen-bond donors (Lipinski definition) is 1. The molecule has 5 nitrogen and oxygen atoms in total. The lowest BCUT2D eigenvalue weighted by atomic mass is 10.2. The summed E-state index contributed by atoms with van der Waals surface area (Å²) in [7, 11) is 0. The molecule has 0 spiro atoms. The summed E-state index contributed by atoms with van der Waals surface area (Å²) in [6.07, 6.45) is 1.79. The van der Waals surface area contributed by atoms with Crippen LogP contribution in [0.3, 0.4) is 0 Å². The van der Waals surface area contributed by atoms with Crippen molar-refractivity contribution in [1.82, 2.24) is 15.1 Å². The van der Waals surface area contributed by atoms with Crippen molar-refractivity contribution in [1.29, 1.82) is 0 Å². The van der Waals surface area contributed by atoms with E-state index in [9.17, 15) is 4.79 Å². The first-order valence-corrected chi connectivity index (χ1v) is 9.28. The Labute approximate surface area is 138 Å². The summed E-state index contributed by atoms with van der Waals surface area (Å²) >= 11 is 3.34. The number of nitrogens with zero attached hydrogens (tertiary/aromatic N) is 3. The fourth-order valence-corrected chi connectivity index (χ4v) is 3.92. The lowest BCUT2D eigenvalue weighted by Crippen LogP contribution is -2.36. The van der Waals surface area contributed by atoms with Gasteiger partial charge in [0.05, 0.1) is 0 Å². The normalized spacial score (nSPS) is 15.4. The number of anilines is 1. The Morgan fingerprint density at radius 2 is 2.05 bits per heavy atom. The van der Waals surface area contributed by atoms with Crippen molar-refractivity contribution in [3.8, 4) is 0 Å². The Hall–Kier alpha value is -1.60. The maximum Gasteiger partial charge on any atom is 0.323 e. The number of aromatic nitrogens is 2. The zero-order valence-corrected chi connectivity index (χ0v) is 13.8. The van der Waals surface area contributed by atoms with Crippen molar-refractivity contribution in [2.75, 3.05) is 29.9 Å². The van der Waals surface area contributed by atoms with Gasteiger partial charge in [-0.1, -0.05) is 41.7 Å². The Bertz CT molecular complexity index is 609. The number of rotatable bonds is 3. The van der Waals surface area contributed by atoms with Gasteiger partial charge in [0.1, 0.15) is 5.01 Å². The molecular formula is C15H18N4OS2. The second kappa shape index (κ2) is 7.60. The fraction of sp³-hybridized carbons (Fsp3) is 0.400. The third-order valence-electron chi connectivity index (χ3n) is 3.39. The fourth-order valence-electron chi connectivity index (χ4n) is 2.27. The summed E-state index contributed by atoms with van der Waals surface area (Å²) in [6.45, 7) is 1.61. The zero-order chi connectivity index (χ0) is 15.2. The van der Waals surface area contributed by atoms with Gasteiger partial charge in [-0.2, -0.15) is 11.8 Å². The van der Waals surface area contributed by atoms with Crippen molar-refractivity contribution < 1.29 is 4.79 Å². The predicted octanol–water partition coefficient (Wildman–Crippen LogP) is 3.10. The molecule has 0 radical (unpaired) electrons. The van der Waals surface area contributed by atoms with Gasteiger partial charge in [-0.15, -0.1) is 10.2 Å². The molecular weight excluding hydrogens is 316 g/mol. The van der Waals surface area contributed by atoms with Gasteiger partial charge in [-0.25, -0.2) is 4.79 Å². The van der Waals surface area contributed by atoms with Crippen molar-refractivity contribution in [2.45, 2.75) is 12.8 Å². The van der Waals surface area contributed by atoms with Gasteiger partial charge >= 0.3 is 6.03 Å². The molecule has 0 bridgehead atoms. The molecule has 22 heavy (non-hydrogen) atoms. The maximum atomic E-state index is 12.2. The minimum absolute atomic E-state index is 0.0649. The minimum atomic E-state index is -0.0649. The van der Waals surface area contributed by atoms with E-state index in [0.717, 1.165) is 42.4 Å². The molecule has 0 aliphatic carbocycles. The topological polar surface area (TPSA) is 58.1 Å². The molecule has 1 aliphatic heterocycles. The molecule has 1 aromatic carbocycles. The molecule has 1 N–H and O–H groups in total. The Morgan fingerprint density at radius 3 is 2.91 bits per heavy atom. The summed E-state index contributed by atoms with van der Waals surface area (Å²) in [5.74, 6) is 2.13. The van der Waals surface area contributed by atoms with Gasteiger partial charge in [-0.05, 0) is 17.7 Å². The SMILES string of the molecule is O=C(Nc1nnc(Cc2ccccc2)s1)N1CCCSCC1. The number of carbonyl (C=O) groups is 1. The lowest BCUT2D eigenvalue weighted by molar-refractivity contribution is 0.216. The highest BCUT2D eigenvalue weighted by atomic mass is 32.2. The predicted molar refractivity (Wildman–Crippen MR) is 91.7 cm³/mol. The van der Waals surface area contributed by atoms with E-state index in [0.29, 0.717) is 5.13 Å². The van der Waals surface area contributed by atoms with Crippen LogP contribution < -0.4 is 5.32 Å².